The maximum atomic E-state index is 12.2. The van der Waals surface area contributed by atoms with Crippen LogP contribution < -0.4 is 10.6 Å². The number of rotatable bonds is 6. The Morgan fingerprint density at radius 2 is 1.56 bits per heavy atom. The van der Waals surface area contributed by atoms with Gasteiger partial charge in [-0.25, -0.2) is 0 Å². The summed E-state index contributed by atoms with van der Waals surface area (Å²) in [5, 5.41) is 6.29. The molecule has 25 heavy (non-hydrogen) atoms. The zero-order valence-corrected chi connectivity index (χ0v) is 15.1. The zero-order valence-electron chi connectivity index (χ0n) is 14.2. The predicted molar refractivity (Wildman–Crippen MR) is 103 cm³/mol. The summed E-state index contributed by atoms with van der Waals surface area (Å²) >= 11 is 0. The normalized spacial score (nSPS) is 14.6. The fraction of sp³-hybridized carbons (Fsp3) is 0.350. The van der Waals surface area contributed by atoms with Crippen LogP contribution in [0.25, 0.3) is 0 Å². The first kappa shape index (κ1) is 19.4. The summed E-state index contributed by atoms with van der Waals surface area (Å²) in [6.45, 7) is 3.03. The molecule has 1 amide bonds. The summed E-state index contributed by atoms with van der Waals surface area (Å²) in [5.41, 5.74) is 3.12. The summed E-state index contributed by atoms with van der Waals surface area (Å²) in [6.07, 6.45) is 1.83. The quantitative estimate of drug-likeness (QED) is 0.824. The molecular weight excluding hydrogens is 336 g/mol. The van der Waals surface area contributed by atoms with Crippen LogP contribution in [0.3, 0.4) is 0 Å². The minimum absolute atomic E-state index is 0. The Labute approximate surface area is 155 Å². The maximum absolute atomic E-state index is 12.2. The highest BCUT2D eigenvalue weighted by Gasteiger charge is 2.20. The Morgan fingerprint density at radius 3 is 2.20 bits per heavy atom. The van der Waals surface area contributed by atoms with Crippen LogP contribution in [0.4, 0.5) is 5.69 Å². The second-order valence-electron chi connectivity index (χ2n) is 6.19. The zero-order chi connectivity index (χ0) is 16.6. The van der Waals surface area contributed by atoms with Crippen LogP contribution in [0.5, 0.6) is 0 Å². The number of carbonyl (C=O) groups is 1. The number of anilines is 1. The lowest BCUT2D eigenvalue weighted by atomic mass is 9.97. The Kier molecular flexibility index (Phi) is 7.92. The molecule has 1 aliphatic heterocycles. The number of hydrogen-bond donors (Lipinski definition) is 2. The molecule has 3 rings (SSSR count). The lowest BCUT2D eigenvalue weighted by Gasteiger charge is -2.21. The van der Waals surface area contributed by atoms with Crippen molar-refractivity contribution in [1.82, 2.24) is 5.32 Å². The van der Waals surface area contributed by atoms with Gasteiger partial charge in [-0.05, 0) is 49.2 Å². The summed E-state index contributed by atoms with van der Waals surface area (Å²) in [7, 11) is 0. The SMILES string of the molecule is Cl.O=C(Nc1ccc(COCc2ccccc2)cc1)C1CCNCC1. The summed E-state index contributed by atoms with van der Waals surface area (Å²) in [5.74, 6) is 0.254. The number of benzene rings is 2. The van der Waals surface area contributed by atoms with Gasteiger partial charge in [0, 0.05) is 11.6 Å². The lowest BCUT2D eigenvalue weighted by molar-refractivity contribution is -0.120. The van der Waals surface area contributed by atoms with Crippen LogP contribution in [-0.4, -0.2) is 19.0 Å². The number of carbonyl (C=O) groups excluding carboxylic acids is 1. The molecule has 0 aromatic heterocycles. The Hall–Kier alpha value is -1.88. The van der Waals surface area contributed by atoms with Gasteiger partial charge in [-0.3, -0.25) is 4.79 Å². The summed E-state index contributed by atoms with van der Waals surface area (Å²) in [4.78, 5) is 12.2. The Morgan fingerprint density at radius 1 is 0.960 bits per heavy atom. The van der Waals surface area contributed by atoms with Crippen LogP contribution in [0.2, 0.25) is 0 Å². The number of hydrogen-bond acceptors (Lipinski definition) is 3. The van der Waals surface area contributed by atoms with Crippen molar-refractivity contribution in [2.24, 2.45) is 5.92 Å². The second kappa shape index (κ2) is 10.2. The number of nitrogens with one attached hydrogen (secondary N) is 2. The first-order valence-electron chi connectivity index (χ1n) is 8.53. The third kappa shape index (κ3) is 6.16. The summed E-state index contributed by atoms with van der Waals surface area (Å²) < 4.78 is 5.73. The molecule has 2 aromatic carbocycles. The number of halogens is 1. The van der Waals surface area contributed by atoms with Crippen LogP contribution >= 0.6 is 12.4 Å². The van der Waals surface area contributed by atoms with E-state index in [1.54, 1.807) is 0 Å². The first-order valence-corrected chi connectivity index (χ1v) is 8.53. The van der Waals surface area contributed by atoms with Gasteiger partial charge in [0.15, 0.2) is 0 Å². The molecule has 1 fully saturated rings. The molecule has 1 heterocycles. The van der Waals surface area contributed by atoms with Crippen molar-refractivity contribution < 1.29 is 9.53 Å². The molecule has 2 aromatic rings. The van der Waals surface area contributed by atoms with Crippen LogP contribution in [-0.2, 0) is 22.7 Å². The van der Waals surface area contributed by atoms with Crippen molar-refractivity contribution in [2.75, 3.05) is 18.4 Å². The topological polar surface area (TPSA) is 50.4 Å². The van der Waals surface area contributed by atoms with E-state index in [1.165, 1.54) is 5.56 Å². The smallest absolute Gasteiger partial charge is 0.227 e. The highest BCUT2D eigenvalue weighted by molar-refractivity contribution is 5.92. The average molecular weight is 361 g/mol. The van der Waals surface area contributed by atoms with Gasteiger partial charge in [-0.1, -0.05) is 42.5 Å². The molecule has 0 unspecified atom stereocenters. The fourth-order valence-electron chi connectivity index (χ4n) is 2.87. The Bertz CT molecular complexity index is 641. The monoisotopic (exact) mass is 360 g/mol. The van der Waals surface area contributed by atoms with Gasteiger partial charge in [-0.15, -0.1) is 12.4 Å². The predicted octanol–water partition coefficient (Wildman–Crippen LogP) is 3.76. The van der Waals surface area contributed by atoms with Gasteiger partial charge in [0.05, 0.1) is 13.2 Å². The van der Waals surface area contributed by atoms with E-state index in [0.717, 1.165) is 37.2 Å². The van der Waals surface area contributed by atoms with Gasteiger partial charge in [0.2, 0.25) is 5.91 Å². The molecule has 5 heteroatoms. The van der Waals surface area contributed by atoms with E-state index in [2.05, 4.69) is 22.8 Å². The molecule has 0 atom stereocenters. The fourth-order valence-corrected chi connectivity index (χ4v) is 2.87. The van der Waals surface area contributed by atoms with E-state index in [9.17, 15) is 4.79 Å². The van der Waals surface area contributed by atoms with Gasteiger partial charge in [0.1, 0.15) is 0 Å². The maximum Gasteiger partial charge on any atom is 0.227 e. The molecular formula is C20H25ClN2O2. The van der Waals surface area contributed by atoms with Crippen LogP contribution in [0.15, 0.2) is 54.6 Å². The molecule has 0 aliphatic carbocycles. The van der Waals surface area contributed by atoms with Crippen molar-refractivity contribution in [1.29, 1.82) is 0 Å². The number of amides is 1. The number of ether oxygens (including phenoxy) is 1. The third-order valence-corrected chi connectivity index (χ3v) is 4.31. The highest BCUT2D eigenvalue weighted by atomic mass is 35.5. The second-order valence-corrected chi connectivity index (χ2v) is 6.19. The van der Waals surface area contributed by atoms with E-state index < -0.39 is 0 Å². The largest absolute Gasteiger partial charge is 0.372 e. The van der Waals surface area contributed by atoms with Crippen molar-refractivity contribution in [3.63, 3.8) is 0 Å². The molecule has 0 bridgehead atoms. The van der Waals surface area contributed by atoms with Gasteiger partial charge in [0.25, 0.3) is 0 Å². The molecule has 0 radical (unpaired) electrons. The molecule has 4 nitrogen and oxygen atoms in total. The minimum Gasteiger partial charge on any atom is -0.372 e. The van der Waals surface area contributed by atoms with E-state index >= 15 is 0 Å². The Balaban J connectivity index is 0.00000225. The van der Waals surface area contributed by atoms with Gasteiger partial charge >= 0.3 is 0 Å². The van der Waals surface area contributed by atoms with Gasteiger partial charge < -0.3 is 15.4 Å². The van der Waals surface area contributed by atoms with Crippen molar-refractivity contribution in [2.45, 2.75) is 26.1 Å². The average Bonchev–Trinajstić information content (AvgIpc) is 2.65. The van der Waals surface area contributed by atoms with Crippen molar-refractivity contribution in [3.8, 4) is 0 Å². The van der Waals surface area contributed by atoms with E-state index in [0.29, 0.717) is 13.2 Å². The number of piperidine rings is 1. The highest BCUT2D eigenvalue weighted by Crippen LogP contribution is 2.16. The summed E-state index contributed by atoms with van der Waals surface area (Å²) in [6, 6.07) is 18.0. The van der Waals surface area contributed by atoms with E-state index in [-0.39, 0.29) is 24.2 Å². The first-order chi connectivity index (χ1) is 11.8. The minimum atomic E-state index is 0. The van der Waals surface area contributed by atoms with Crippen LogP contribution in [0.1, 0.15) is 24.0 Å². The van der Waals surface area contributed by atoms with Crippen molar-refractivity contribution in [3.05, 3.63) is 65.7 Å². The van der Waals surface area contributed by atoms with E-state index in [4.69, 9.17) is 4.74 Å². The standard InChI is InChI=1S/C20H24N2O2.ClH/c23-20(18-10-12-21-13-11-18)22-19-8-6-17(7-9-19)15-24-14-16-4-2-1-3-5-16;/h1-9,18,21H,10-15H2,(H,22,23);1H. The molecule has 0 saturated carbocycles. The molecule has 0 spiro atoms. The lowest BCUT2D eigenvalue weighted by Crippen LogP contribution is -2.34. The molecule has 2 N–H and O–H groups in total. The molecule has 134 valence electrons. The van der Waals surface area contributed by atoms with E-state index in [1.807, 2.05) is 42.5 Å². The molecule has 1 saturated heterocycles. The van der Waals surface area contributed by atoms with Crippen LogP contribution in [0, 0.1) is 5.92 Å². The van der Waals surface area contributed by atoms with Crippen molar-refractivity contribution >= 4 is 24.0 Å². The third-order valence-electron chi connectivity index (χ3n) is 4.31. The van der Waals surface area contributed by atoms with Gasteiger partial charge in [-0.2, -0.15) is 0 Å². The molecule has 1 aliphatic rings.